The molecule has 0 aliphatic carbocycles. The van der Waals surface area contributed by atoms with Crippen molar-refractivity contribution in [2.75, 3.05) is 0 Å². The molecule has 0 saturated heterocycles. The monoisotopic (exact) mass is 249 g/mol. The molecule has 0 fully saturated rings. The van der Waals surface area contributed by atoms with E-state index in [0.29, 0.717) is 0 Å². The lowest BCUT2D eigenvalue weighted by Gasteiger charge is -2.06. The van der Waals surface area contributed by atoms with E-state index in [1.54, 1.807) is 4.68 Å². The predicted molar refractivity (Wildman–Crippen MR) is 69.9 cm³/mol. The van der Waals surface area contributed by atoms with Crippen molar-refractivity contribution in [3.05, 3.63) is 52.3 Å². The fourth-order valence-corrected chi connectivity index (χ4v) is 2.00. The molecular weight excluding hydrogens is 234 g/mol. The van der Waals surface area contributed by atoms with E-state index in [-0.39, 0.29) is 0 Å². The summed E-state index contributed by atoms with van der Waals surface area (Å²) in [6.45, 7) is 3.62. The minimum Gasteiger partial charge on any atom is -0.308 e. The summed E-state index contributed by atoms with van der Waals surface area (Å²) < 4.78 is 1.80. The standard InChI is InChI=1S/C13H16ClN3/c1-10-3-4-12(13(14)5-10)8-15-6-11-7-16-17(2)9-11/h3-5,7,9,15H,6,8H2,1-2H3. The Kier molecular flexibility index (Phi) is 3.82. The zero-order chi connectivity index (χ0) is 12.3. The summed E-state index contributed by atoms with van der Waals surface area (Å²) >= 11 is 6.16. The third kappa shape index (κ3) is 3.32. The van der Waals surface area contributed by atoms with E-state index in [0.717, 1.165) is 23.7 Å². The lowest BCUT2D eigenvalue weighted by Crippen LogP contribution is -2.12. The summed E-state index contributed by atoms with van der Waals surface area (Å²) in [6, 6.07) is 6.13. The van der Waals surface area contributed by atoms with Crippen molar-refractivity contribution in [2.45, 2.75) is 20.0 Å². The van der Waals surface area contributed by atoms with E-state index in [9.17, 15) is 0 Å². The van der Waals surface area contributed by atoms with Gasteiger partial charge in [0, 0.05) is 36.9 Å². The molecule has 0 spiro atoms. The summed E-state index contributed by atoms with van der Waals surface area (Å²) in [7, 11) is 1.92. The van der Waals surface area contributed by atoms with Crippen molar-refractivity contribution < 1.29 is 0 Å². The van der Waals surface area contributed by atoms with Crippen molar-refractivity contribution in [3.63, 3.8) is 0 Å². The first-order chi connectivity index (χ1) is 8.15. The van der Waals surface area contributed by atoms with E-state index >= 15 is 0 Å². The van der Waals surface area contributed by atoms with Crippen LogP contribution in [0.2, 0.25) is 5.02 Å². The van der Waals surface area contributed by atoms with E-state index in [1.165, 1.54) is 11.1 Å². The molecule has 0 saturated carbocycles. The molecule has 0 amide bonds. The molecular formula is C13H16ClN3. The number of hydrogen-bond donors (Lipinski definition) is 1. The molecule has 90 valence electrons. The lowest BCUT2D eigenvalue weighted by atomic mass is 10.1. The number of hydrogen-bond acceptors (Lipinski definition) is 2. The molecule has 1 heterocycles. The minimum atomic E-state index is 0.772. The van der Waals surface area contributed by atoms with E-state index in [4.69, 9.17) is 11.6 Å². The second-order valence-corrected chi connectivity index (χ2v) is 4.63. The maximum absolute atomic E-state index is 6.16. The first-order valence-electron chi connectivity index (χ1n) is 5.58. The van der Waals surface area contributed by atoms with Gasteiger partial charge in [0.05, 0.1) is 6.20 Å². The second-order valence-electron chi connectivity index (χ2n) is 4.22. The van der Waals surface area contributed by atoms with Gasteiger partial charge in [-0.15, -0.1) is 0 Å². The highest BCUT2D eigenvalue weighted by atomic mass is 35.5. The van der Waals surface area contributed by atoms with Crippen molar-refractivity contribution in [3.8, 4) is 0 Å². The number of rotatable bonds is 4. The van der Waals surface area contributed by atoms with Crippen LogP contribution in [-0.2, 0) is 20.1 Å². The maximum atomic E-state index is 6.16. The summed E-state index contributed by atoms with van der Waals surface area (Å²) in [5.41, 5.74) is 3.49. The SMILES string of the molecule is Cc1ccc(CNCc2cnn(C)c2)c(Cl)c1. The van der Waals surface area contributed by atoms with Crippen molar-refractivity contribution in [1.29, 1.82) is 0 Å². The van der Waals surface area contributed by atoms with Gasteiger partial charge in [-0.3, -0.25) is 4.68 Å². The van der Waals surface area contributed by atoms with Crippen LogP contribution < -0.4 is 5.32 Å². The number of benzene rings is 1. The Morgan fingerprint density at radius 3 is 2.82 bits per heavy atom. The minimum absolute atomic E-state index is 0.772. The highest BCUT2D eigenvalue weighted by Crippen LogP contribution is 2.17. The summed E-state index contributed by atoms with van der Waals surface area (Å²) in [5.74, 6) is 0. The van der Waals surface area contributed by atoms with Gasteiger partial charge >= 0.3 is 0 Å². The molecule has 1 N–H and O–H groups in total. The van der Waals surface area contributed by atoms with Gasteiger partial charge in [-0.25, -0.2) is 0 Å². The van der Waals surface area contributed by atoms with Gasteiger partial charge in [0.15, 0.2) is 0 Å². The van der Waals surface area contributed by atoms with Gasteiger partial charge < -0.3 is 5.32 Å². The third-order valence-corrected chi connectivity index (χ3v) is 2.96. The van der Waals surface area contributed by atoms with Crippen molar-refractivity contribution in [2.24, 2.45) is 7.05 Å². The van der Waals surface area contributed by atoms with Crippen molar-refractivity contribution in [1.82, 2.24) is 15.1 Å². The number of aryl methyl sites for hydroxylation is 2. The van der Waals surface area contributed by atoms with Crippen LogP contribution in [0.4, 0.5) is 0 Å². The zero-order valence-corrected chi connectivity index (χ0v) is 10.8. The average Bonchev–Trinajstić information content (AvgIpc) is 2.68. The molecule has 0 aliphatic heterocycles. The van der Waals surface area contributed by atoms with Gasteiger partial charge in [-0.1, -0.05) is 23.7 Å². The van der Waals surface area contributed by atoms with Gasteiger partial charge in [0.1, 0.15) is 0 Å². The molecule has 2 aromatic rings. The Balaban J connectivity index is 1.90. The van der Waals surface area contributed by atoms with Gasteiger partial charge in [0.25, 0.3) is 0 Å². The van der Waals surface area contributed by atoms with Crippen LogP contribution >= 0.6 is 11.6 Å². The number of nitrogens with one attached hydrogen (secondary N) is 1. The average molecular weight is 250 g/mol. The Labute approximate surface area is 106 Å². The van der Waals surface area contributed by atoms with E-state index in [1.807, 2.05) is 32.4 Å². The lowest BCUT2D eigenvalue weighted by molar-refractivity contribution is 0.692. The van der Waals surface area contributed by atoms with Crippen LogP contribution in [0, 0.1) is 6.92 Å². The molecule has 3 nitrogen and oxygen atoms in total. The van der Waals surface area contributed by atoms with Crippen LogP contribution in [0.25, 0.3) is 0 Å². The highest BCUT2D eigenvalue weighted by Gasteiger charge is 2.01. The molecule has 0 aliphatic rings. The largest absolute Gasteiger partial charge is 0.308 e. The number of aromatic nitrogens is 2. The molecule has 4 heteroatoms. The zero-order valence-electron chi connectivity index (χ0n) is 10.1. The molecule has 2 rings (SSSR count). The molecule has 0 unspecified atom stereocenters. The molecule has 0 radical (unpaired) electrons. The van der Waals surface area contributed by atoms with Gasteiger partial charge in [-0.2, -0.15) is 5.10 Å². The van der Waals surface area contributed by atoms with E-state index in [2.05, 4.69) is 22.5 Å². The highest BCUT2D eigenvalue weighted by molar-refractivity contribution is 6.31. The fourth-order valence-electron chi connectivity index (χ4n) is 1.70. The predicted octanol–water partition coefficient (Wildman–Crippen LogP) is 2.67. The fraction of sp³-hybridized carbons (Fsp3) is 0.308. The Morgan fingerprint density at radius 1 is 1.35 bits per heavy atom. The van der Waals surface area contributed by atoms with Crippen LogP contribution in [0.1, 0.15) is 16.7 Å². The summed E-state index contributed by atoms with van der Waals surface area (Å²) in [6.07, 6.45) is 3.87. The molecule has 1 aromatic carbocycles. The summed E-state index contributed by atoms with van der Waals surface area (Å²) in [4.78, 5) is 0. The van der Waals surface area contributed by atoms with Crippen LogP contribution in [0.15, 0.2) is 30.6 Å². The van der Waals surface area contributed by atoms with E-state index < -0.39 is 0 Å². The maximum Gasteiger partial charge on any atom is 0.0534 e. The van der Waals surface area contributed by atoms with Crippen LogP contribution in [-0.4, -0.2) is 9.78 Å². The van der Waals surface area contributed by atoms with Crippen molar-refractivity contribution >= 4 is 11.6 Å². The first kappa shape index (κ1) is 12.1. The Bertz CT molecular complexity index is 505. The smallest absolute Gasteiger partial charge is 0.0534 e. The number of nitrogens with zero attached hydrogens (tertiary/aromatic N) is 2. The van der Waals surface area contributed by atoms with Crippen LogP contribution in [0.5, 0.6) is 0 Å². The third-order valence-electron chi connectivity index (χ3n) is 2.61. The first-order valence-corrected chi connectivity index (χ1v) is 5.96. The Hall–Kier alpha value is -1.32. The van der Waals surface area contributed by atoms with Gasteiger partial charge in [0.2, 0.25) is 0 Å². The second kappa shape index (κ2) is 5.34. The topological polar surface area (TPSA) is 29.9 Å². The summed E-state index contributed by atoms with van der Waals surface area (Å²) in [5, 5.41) is 8.30. The normalized spacial score (nSPS) is 10.8. The number of halogens is 1. The molecule has 0 atom stereocenters. The quantitative estimate of drug-likeness (QED) is 0.903. The van der Waals surface area contributed by atoms with Crippen LogP contribution in [0.3, 0.4) is 0 Å². The van der Waals surface area contributed by atoms with Gasteiger partial charge in [-0.05, 0) is 24.1 Å². The Morgan fingerprint density at radius 2 is 2.18 bits per heavy atom. The molecule has 0 bridgehead atoms. The molecule has 1 aromatic heterocycles. The molecule has 17 heavy (non-hydrogen) atoms.